The fraction of sp³-hybridized carbons (Fsp3) is 0. The molecule has 2 aromatic carbocycles. The smallest absolute Gasteiger partial charge is 0.257 e. The molecule has 1 amide bonds. The summed E-state index contributed by atoms with van der Waals surface area (Å²) >= 11 is 11.9. The maximum Gasteiger partial charge on any atom is 0.257 e. The summed E-state index contributed by atoms with van der Waals surface area (Å²) in [6, 6.07) is 12.6. The number of hydrogen-bond acceptors (Lipinski definition) is 1. The van der Waals surface area contributed by atoms with Crippen LogP contribution in [0.15, 0.2) is 48.7 Å². The molecule has 0 aliphatic rings. The summed E-state index contributed by atoms with van der Waals surface area (Å²) in [5.74, 6) is -0.216. The first-order chi connectivity index (χ1) is 9.65. The van der Waals surface area contributed by atoms with Gasteiger partial charge in [0.15, 0.2) is 0 Å². The van der Waals surface area contributed by atoms with E-state index in [-0.39, 0.29) is 5.91 Å². The van der Waals surface area contributed by atoms with E-state index >= 15 is 0 Å². The molecule has 0 unspecified atom stereocenters. The number of benzene rings is 2. The molecule has 0 saturated carbocycles. The average Bonchev–Trinajstić information content (AvgIpc) is 2.86. The van der Waals surface area contributed by atoms with Gasteiger partial charge in [-0.2, -0.15) is 0 Å². The highest BCUT2D eigenvalue weighted by Gasteiger charge is 2.13. The number of aromatic nitrogens is 1. The molecule has 2 N–H and O–H groups in total. The number of fused-ring (bicyclic) bond motifs is 1. The molecule has 0 radical (unpaired) electrons. The second-order valence-corrected chi connectivity index (χ2v) is 5.17. The number of rotatable bonds is 2. The van der Waals surface area contributed by atoms with E-state index in [4.69, 9.17) is 23.2 Å². The Hall–Kier alpha value is -1.97. The first-order valence-electron chi connectivity index (χ1n) is 5.97. The number of hydrogen-bond donors (Lipinski definition) is 2. The third-order valence-electron chi connectivity index (χ3n) is 3.01. The van der Waals surface area contributed by atoms with Gasteiger partial charge in [-0.05, 0) is 24.3 Å². The van der Waals surface area contributed by atoms with Crippen molar-refractivity contribution < 1.29 is 4.79 Å². The first-order valence-corrected chi connectivity index (χ1v) is 6.73. The van der Waals surface area contributed by atoms with Gasteiger partial charge in [-0.3, -0.25) is 4.79 Å². The Bertz CT molecular complexity index is 795. The van der Waals surface area contributed by atoms with E-state index in [9.17, 15) is 4.79 Å². The summed E-state index contributed by atoms with van der Waals surface area (Å²) in [5.41, 5.74) is 2.03. The molecule has 0 aliphatic heterocycles. The fourth-order valence-electron chi connectivity index (χ4n) is 2.04. The van der Waals surface area contributed by atoms with Crippen LogP contribution in [0.2, 0.25) is 10.0 Å². The minimum atomic E-state index is -0.216. The van der Waals surface area contributed by atoms with Crippen molar-refractivity contribution in [2.24, 2.45) is 0 Å². The van der Waals surface area contributed by atoms with Crippen molar-refractivity contribution in [1.82, 2.24) is 4.98 Å². The maximum absolute atomic E-state index is 12.3. The molecule has 0 atom stereocenters. The summed E-state index contributed by atoms with van der Waals surface area (Å²) in [4.78, 5) is 15.4. The van der Waals surface area contributed by atoms with E-state index in [2.05, 4.69) is 10.3 Å². The van der Waals surface area contributed by atoms with Gasteiger partial charge in [0, 0.05) is 22.1 Å². The number of nitrogens with one attached hydrogen (secondary N) is 2. The third kappa shape index (κ3) is 2.38. The van der Waals surface area contributed by atoms with Crippen LogP contribution in [0.3, 0.4) is 0 Å². The van der Waals surface area contributed by atoms with Crippen LogP contribution in [-0.4, -0.2) is 10.9 Å². The minimum Gasteiger partial charge on any atom is -0.360 e. The van der Waals surface area contributed by atoms with E-state index in [1.165, 1.54) is 0 Å². The molecule has 3 aromatic rings. The Balaban J connectivity index is 1.93. The first kappa shape index (κ1) is 13.0. The number of halogens is 2. The monoisotopic (exact) mass is 304 g/mol. The molecule has 1 heterocycles. The minimum absolute atomic E-state index is 0.216. The molecular formula is C15H10Cl2N2O. The lowest BCUT2D eigenvalue weighted by atomic mass is 10.1. The van der Waals surface area contributed by atoms with Gasteiger partial charge < -0.3 is 10.3 Å². The van der Waals surface area contributed by atoms with Gasteiger partial charge in [-0.15, -0.1) is 0 Å². The number of anilines is 1. The zero-order valence-corrected chi connectivity index (χ0v) is 11.8. The summed E-state index contributed by atoms with van der Waals surface area (Å²) in [6.07, 6.45) is 1.68. The van der Waals surface area contributed by atoms with Gasteiger partial charge in [-0.25, -0.2) is 0 Å². The normalized spacial score (nSPS) is 10.7. The number of para-hydroxylation sites is 1. The number of H-pyrrole nitrogens is 1. The fourth-order valence-corrected chi connectivity index (χ4v) is 2.50. The predicted molar refractivity (Wildman–Crippen MR) is 82.7 cm³/mol. The van der Waals surface area contributed by atoms with E-state index < -0.39 is 0 Å². The lowest BCUT2D eigenvalue weighted by Crippen LogP contribution is -2.11. The molecule has 3 rings (SSSR count). The van der Waals surface area contributed by atoms with E-state index in [1.807, 2.05) is 24.3 Å². The van der Waals surface area contributed by atoms with Crippen LogP contribution in [0.4, 0.5) is 5.69 Å². The molecule has 20 heavy (non-hydrogen) atoms. The van der Waals surface area contributed by atoms with Crippen LogP contribution in [0.1, 0.15) is 10.4 Å². The van der Waals surface area contributed by atoms with E-state index in [0.29, 0.717) is 21.3 Å². The molecule has 0 aliphatic carbocycles. The Morgan fingerprint density at radius 1 is 1.10 bits per heavy atom. The number of carbonyl (C=O) groups is 1. The van der Waals surface area contributed by atoms with Crippen molar-refractivity contribution in [2.75, 3.05) is 5.32 Å². The van der Waals surface area contributed by atoms with Crippen molar-refractivity contribution in [2.45, 2.75) is 0 Å². The van der Waals surface area contributed by atoms with E-state index in [0.717, 1.165) is 10.9 Å². The molecule has 0 spiro atoms. The highest BCUT2D eigenvalue weighted by Crippen LogP contribution is 2.26. The Morgan fingerprint density at radius 2 is 1.90 bits per heavy atom. The number of aromatic amines is 1. The highest BCUT2D eigenvalue weighted by molar-refractivity contribution is 6.37. The SMILES string of the molecule is O=C(Nc1ccc(Cl)cc1Cl)c1c[nH]c2ccccc12. The zero-order valence-electron chi connectivity index (χ0n) is 10.3. The molecule has 3 nitrogen and oxygen atoms in total. The van der Waals surface area contributed by atoms with E-state index in [1.54, 1.807) is 24.4 Å². The van der Waals surface area contributed by atoms with Crippen molar-refractivity contribution in [3.8, 4) is 0 Å². The zero-order chi connectivity index (χ0) is 14.1. The van der Waals surface area contributed by atoms with Crippen LogP contribution in [0.5, 0.6) is 0 Å². The molecule has 0 fully saturated rings. The topological polar surface area (TPSA) is 44.9 Å². The van der Waals surface area contributed by atoms with Crippen LogP contribution >= 0.6 is 23.2 Å². The maximum atomic E-state index is 12.3. The summed E-state index contributed by atoms with van der Waals surface area (Å²) in [7, 11) is 0. The van der Waals surface area contributed by atoms with Crippen LogP contribution < -0.4 is 5.32 Å². The van der Waals surface area contributed by atoms with Gasteiger partial charge in [0.05, 0.1) is 16.3 Å². The van der Waals surface area contributed by atoms with Crippen molar-refractivity contribution in [1.29, 1.82) is 0 Å². The van der Waals surface area contributed by atoms with Gasteiger partial charge in [0.1, 0.15) is 0 Å². The lowest BCUT2D eigenvalue weighted by molar-refractivity contribution is 0.102. The van der Waals surface area contributed by atoms with Crippen molar-refractivity contribution in [3.05, 3.63) is 64.3 Å². The average molecular weight is 305 g/mol. The van der Waals surface area contributed by atoms with Gasteiger partial charge >= 0.3 is 0 Å². The molecule has 100 valence electrons. The second kappa shape index (κ2) is 5.19. The van der Waals surface area contributed by atoms with Crippen LogP contribution in [-0.2, 0) is 0 Å². The van der Waals surface area contributed by atoms with Crippen LogP contribution in [0, 0.1) is 0 Å². The van der Waals surface area contributed by atoms with Crippen molar-refractivity contribution >= 4 is 45.7 Å². The number of carbonyl (C=O) groups excluding carboxylic acids is 1. The van der Waals surface area contributed by atoms with Gasteiger partial charge in [0.25, 0.3) is 5.91 Å². The summed E-state index contributed by atoms with van der Waals surface area (Å²) < 4.78 is 0. The lowest BCUT2D eigenvalue weighted by Gasteiger charge is -2.06. The Kier molecular flexibility index (Phi) is 3.38. The second-order valence-electron chi connectivity index (χ2n) is 4.33. The van der Waals surface area contributed by atoms with Gasteiger partial charge in [-0.1, -0.05) is 41.4 Å². The molecule has 0 saturated heterocycles. The predicted octanol–water partition coefficient (Wildman–Crippen LogP) is 4.73. The third-order valence-corrected chi connectivity index (χ3v) is 3.56. The van der Waals surface area contributed by atoms with Crippen LogP contribution in [0.25, 0.3) is 10.9 Å². The standard InChI is InChI=1S/C15H10Cl2N2O/c16-9-5-6-14(12(17)7-9)19-15(20)11-8-18-13-4-2-1-3-10(11)13/h1-8,18H,(H,19,20). The van der Waals surface area contributed by atoms with Gasteiger partial charge in [0.2, 0.25) is 0 Å². The summed E-state index contributed by atoms with van der Waals surface area (Å²) in [5, 5.41) is 4.59. The molecule has 1 aromatic heterocycles. The molecule has 5 heteroatoms. The quantitative estimate of drug-likeness (QED) is 0.706. The summed E-state index contributed by atoms with van der Waals surface area (Å²) in [6.45, 7) is 0. The molecule has 0 bridgehead atoms. The largest absolute Gasteiger partial charge is 0.360 e. The van der Waals surface area contributed by atoms with Crippen molar-refractivity contribution in [3.63, 3.8) is 0 Å². The Labute approximate surface area is 125 Å². The molecular weight excluding hydrogens is 295 g/mol. The Morgan fingerprint density at radius 3 is 2.70 bits per heavy atom. The number of amides is 1. The highest BCUT2D eigenvalue weighted by atomic mass is 35.5.